The molecule has 3 heteroatoms. The second-order valence-corrected chi connectivity index (χ2v) is 4.08. The Morgan fingerprint density at radius 1 is 1.47 bits per heavy atom. The van der Waals surface area contributed by atoms with Crippen molar-refractivity contribution in [2.45, 2.75) is 26.2 Å². The van der Waals surface area contributed by atoms with E-state index in [2.05, 4.69) is 19.9 Å². The second-order valence-electron chi connectivity index (χ2n) is 3.68. The summed E-state index contributed by atoms with van der Waals surface area (Å²) in [5.74, 6) is 1.09. The molecule has 0 amide bonds. The van der Waals surface area contributed by atoms with Crippen LogP contribution in [0.2, 0.25) is 5.02 Å². The number of nitrogens with zero attached hydrogens (tertiary/aromatic N) is 1. The molecule has 0 aliphatic carbocycles. The highest BCUT2D eigenvalue weighted by molar-refractivity contribution is 6.31. The standard InChI is InChI=1S/C12H14ClNO/c1-8(2)10-7-12(15-3)9(4-5-14)6-11(10)13/h6-8H,4H2,1-3H3. The third kappa shape index (κ3) is 2.64. The van der Waals surface area contributed by atoms with Crippen molar-refractivity contribution in [2.75, 3.05) is 7.11 Å². The van der Waals surface area contributed by atoms with E-state index in [9.17, 15) is 0 Å². The Morgan fingerprint density at radius 2 is 2.13 bits per heavy atom. The molecule has 1 aromatic carbocycles. The van der Waals surface area contributed by atoms with Crippen LogP contribution in [-0.2, 0) is 6.42 Å². The van der Waals surface area contributed by atoms with Crippen LogP contribution in [0.3, 0.4) is 0 Å². The Kier molecular flexibility index (Phi) is 3.99. The van der Waals surface area contributed by atoms with Gasteiger partial charge in [-0.1, -0.05) is 25.4 Å². The Balaban J connectivity index is 3.24. The molecule has 15 heavy (non-hydrogen) atoms. The lowest BCUT2D eigenvalue weighted by Crippen LogP contribution is -1.96. The third-order valence-electron chi connectivity index (χ3n) is 2.29. The average Bonchev–Trinajstić information content (AvgIpc) is 2.18. The van der Waals surface area contributed by atoms with Crippen LogP contribution in [0.4, 0.5) is 0 Å². The molecule has 0 spiro atoms. The number of methoxy groups -OCH3 is 1. The Morgan fingerprint density at radius 3 is 2.60 bits per heavy atom. The molecule has 0 saturated heterocycles. The van der Waals surface area contributed by atoms with Crippen molar-refractivity contribution in [1.29, 1.82) is 5.26 Å². The lowest BCUT2D eigenvalue weighted by atomic mass is 10.00. The summed E-state index contributed by atoms with van der Waals surface area (Å²) in [6.07, 6.45) is 0.321. The van der Waals surface area contributed by atoms with Crippen molar-refractivity contribution in [3.05, 3.63) is 28.3 Å². The molecule has 0 atom stereocenters. The fraction of sp³-hybridized carbons (Fsp3) is 0.417. The molecule has 0 bridgehead atoms. The monoisotopic (exact) mass is 223 g/mol. The first kappa shape index (κ1) is 11.9. The maximum atomic E-state index is 8.66. The first-order valence-electron chi connectivity index (χ1n) is 4.83. The first-order chi connectivity index (χ1) is 7.10. The van der Waals surface area contributed by atoms with E-state index in [1.165, 1.54) is 0 Å². The lowest BCUT2D eigenvalue weighted by Gasteiger charge is -2.13. The number of rotatable bonds is 3. The van der Waals surface area contributed by atoms with Crippen LogP contribution in [0.1, 0.15) is 30.9 Å². The van der Waals surface area contributed by atoms with Crippen LogP contribution < -0.4 is 4.74 Å². The molecule has 1 rings (SSSR count). The molecule has 0 aromatic heterocycles. The molecule has 0 saturated carbocycles. The minimum Gasteiger partial charge on any atom is -0.496 e. The molecule has 0 fully saturated rings. The highest BCUT2D eigenvalue weighted by Crippen LogP contribution is 2.31. The number of halogens is 1. The smallest absolute Gasteiger partial charge is 0.123 e. The van der Waals surface area contributed by atoms with E-state index in [1.54, 1.807) is 7.11 Å². The van der Waals surface area contributed by atoms with Gasteiger partial charge in [0.1, 0.15) is 5.75 Å². The van der Waals surface area contributed by atoms with Gasteiger partial charge in [0.15, 0.2) is 0 Å². The molecule has 80 valence electrons. The Bertz CT molecular complexity index is 393. The minimum absolute atomic E-state index is 0.321. The summed E-state index contributed by atoms with van der Waals surface area (Å²) < 4.78 is 5.23. The van der Waals surface area contributed by atoms with Gasteiger partial charge in [-0.3, -0.25) is 0 Å². The van der Waals surface area contributed by atoms with Crippen LogP contribution in [0.25, 0.3) is 0 Å². The zero-order valence-corrected chi connectivity index (χ0v) is 9.93. The predicted octanol–water partition coefficient (Wildman–Crippen LogP) is 3.54. The van der Waals surface area contributed by atoms with Crippen molar-refractivity contribution >= 4 is 11.6 Å². The number of benzene rings is 1. The summed E-state index contributed by atoms with van der Waals surface area (Å²) >= 11 is 6.12. The molecular formula is C12H14ClNO. The summed E-state index contributed by atoms with van der Waals surface area (Å²) in [6, 6.07) is 5.83. The summed E-state index contributed by atoms with van der Waals surface area (Å²) in [5.41, 5.74) is 1.89. The van der Waals surface area contributed by atoms with Gasteiger partial charge in [0, 0.05) is 10.6 Å². The molecule has 0 aliphatic rings. The van der Waals surface area contributed by atoms with Gasteiger partial charge >= 0.3 is 0 Å². The fourth-order valence-electron chi connectivity index (χ4n) is 1.47. The maximum Gasteiger partial charge on any atom is 0.123 e. The van der Waals surface area contributed by atoms with Crippen LogP contribution >= 0.6 is 11.6 Å². The Hall–Kier alpha value is -1.20. The van der Waals surface area contributed by atoms with Crippen molar-refractivity contribution in [3.63, 3.8) is 0 Å². The van der Waals surface area contributed by atoms with Gasteiger partial charge in [-0.05, 0) is 23.6 Å². The summed E-state index contributed by atoms with van der Waals surface area (Å²) in [4.78, 5) is 0. The zero-order valence-electron chi connectivity index (χ0n) is 9.17. The summed E-state index contributed by atoms with van der Waals surface area (Å²) in [6.45, 7) is 4.15. The van der Waals surface area contributed by atoms with Crippen molar-refractivity contribution in [2.24, 2.45) is 0 Å². The maximum absolute atomic E-state index is 8.66. The molecule has 1 aromatic rings. The third-order valence-corrected chi connectivity index (χ3v) is 2.62. The SMILES string of the molecule is COc1cc(C(C)C)c(Cl)cc1CC#N. The van der Waals surface area contributed by atoms with Gasteiger partial charge in [-0.2, -0.15) is 5.26 Å². The van der Waals surface area contributed by atoms with Crippen LogP contribution in [0.15, 0.2) is 12.1 Å². The minimum atomic E-state index is 0.321. The zero-order chi connectivity index (χ0) is 11.4. The first-order valence-corrected chi connectivity index (χ1v) is 5.21. The lowest BCUT2D eigenvalue weighted by molar-refractivity contribution is 0.410. The van der Waals surface area contributed by atoms with E-state index in [1.807, 2.05) is 12.1 Å². The Labute approximate surface area is 95.4 Å². The van der Waals surface area contributed by atoms with E-state index in [0.29, 0.717) is 17.4 Å². The normalized spacial score (nSPS) is 10.1. The van der Waals surface area contributed by atoms with Crippen LogP contribution in [0, 0.1) is 11.3 Å². The molecule has 0 heterocycles. The van der Waals surface area contributed by atoms with E-state index in [-0.39, 0.29) is 0 Å². The number of hydrogen-bond acceptors (Lipinski definition) is 2. The summed E-state index contributed by atoms with van der Waals surface area (Å²) in [5, 5.41) is 9.37. The van der Waals surface area contributed by atoms with Gasteiger partial charge in [0.05, 0.1) is 19.6 Å². The van der Waals surface area contributed by atoms with E-state index < -0.39 is 0 Å². The summed E-state index contributed by atoms with van der Waals surface area (Å²) in [7, 11) is 1.61. The molecular weight excluding hydrogens is 210 g/mol. The molecule has 0 radical (unpaired) electrons. The molecule has 0 N–H and O–H groups in total. The van der Waals surface area contributed by atoms with Crippen LogP contribution in [-0.4, -0.2) is 7.11 Å². The van der Waals surface area contributed by atoms with Crippen molar-refractivity contribution in [1.82, 2.24) is 0 Å². The van der Waals surface area contributed by atoms with Gasteiger partial charge in [0.25, 0.3) is 0 Å². The fourth-order valence-corrected chi connectivity index (χ4v) is 1.87. The number of hydrogen-bond donors (Lipinski definition) is 0. The highest BCUT2D eigenvalue weighted by atomic mass is 35.5. The van der Waals surface area contributed by atoms with Gasteiger partial charge in [-0.15, -0.1) is 0 Å². The van der Waals surface area contributed by atoms with Gasteiger partial charge < -0.3 is 4.74 Å². The van der Waals surface area contributed by atoms with Gasteiger partial charge in [-0.25, -0.2) is 0 Å². The molecule has 0 aliphatic heterocycles. The van der Waals surface area contributed by atoms with E-state index in [4.69, 9.17) is 21.6 Å². The van der Waals surface area contributed by atoms with E-state index in [0.717, 1.165) is 16.9 Å². The topological polar surface area (TPSA) is 33.0 Å². The second kappa shape index (κ2) is 5.04. The average molecular weight is 224 g/mol. The van der Waals surface area contributed by atoms with Crippen LogP contribution in [0.5, 0.6) is 5.75 Å². The number of ether oxygens (including phenoxy) is 1. The molecule has 2 nitrogen and oxygen atoms in total. The predicted molar refractivity (Wildman–Crippen MR) is 61.4 cm³/mol. The van der Waals surface area contributed by atoms with Crippen molar-refractivity contribution in [3.8, 4) is 11.8 Å². The molecule has 0 unspecified atom stereocenters. The van der Waals surface area contributed by atoms with E-state index >= 15 is 0 Å². The van der Waals surface area contributed by atoms with Gasteiger partial charge in [0.2, 0.25) is 0 Å². The largest absolute Gasteiger partial charge is 0.496 e. The van der Waals surface area contributed by atoms with Crippen molar-refractivity contribution < 1.29 is 4.74 Å². The number of nitriles is 1. The highest BCUT2D eigenvalue weighted by Gasteiger charge is 2.11. The quantitative estimate of drug-likeness (QED) is 0.785.